The zero-order valence-corrected chi connectivity index (χ0v) is 13.3. The van der Waals surface area contributed by atoms with Gasteiger partial charge in [-0.05, 0) is 31.2 Å². The number of ether oxygens (including phenoxy) is 2. The smallest absolute Gasteiger partial charge is 0.316 e. The number of halogens is 1. The van der Waals surface area contributed by atoms with Crippen LogP contribution in [0.25, 0.3) is 0 Å². The van der Waals surface area contributed by atoms with E-state index in [1.807, 2.05) is 6.92 Å². The van der Waals surface area contributed by atoms with E-state index in [1.165, 1.54) is 0 Å². The first-order valence-electron chi connectivity index (χ1n) is 7.82. The molecule has 7 heteroatoms. The van der Waals surface area contributed by atoms with Crippen LogP contribution >= 0.6 is 0 Å². The first-order chi connectivity index (χ1) is 11.7. The molecule has 126 valence electrons. The van der Waals surface area contributed by atoms with Gasteiger partial charge in [0.25, 0.3) is 5.91 Å². The van der Waals surface area contributed by atoms with Crippen LogP contribution in [0.5, 0.6) is 11.8 Å². The Labute approximate surface area is 139 Å². The number of amides is 1. The highest BCUT2D eigenvalue weighted by Crippen LogP contribution is 2.19. The minimum Gasteiger partial charge on any atom is -0.494 e. The van der Waals surface area contributed by atoms with Crippen molar-refractivity contribution in [3.63, 3.8) is 0 Å². The number of carbonyl (C=O) groups is 1. The molecule has 0 bridgehead atoms. The van der Waals surface area contributed by atoms with Gasteiger partial charge < -0.3 is 14.4 Å². The van der Waals surface area contributed by atoms with Crippen molar-refractivity contribution in [3.05, 3.63) is 48.0 Å². The molecule has 3 rings (SSSR count). The third-order valence-corrected chi connectivity index (χ3v) is 3.71. The quantitative estimate of drug-likeness (QED) is 0.841. The molecule has 0 N–H and O–H groups in total. The van der Waals surface area contributed by atoms with E-state index in [9.17, 15) is 9.18 Å². The van der Waals surface area contributed by atoms with Crippen molar-refractivity contribution in [2.24, 2.45) is 0 Å². The maximum absolute atomic E-state index is 12.8. The van der Waals surface area contributed by atoms with E-state index in [-0.39, 0.29) is 18.0 Å². The number of aromatic nitrogens is 2. The van der Waals surface area contributed by atoms with Crippen molar-refractivity contribution in [3.8, 4) is 11.8 Å². The van der Waals surface area contributed by atoms with Crippen LogP contribution < -0.4 is 9.47 Å². The average Bonchev–Trinajstić information content (AvgIpc) is 3.06. The molecule has 1 saturated heterocycles. The third kappa shape index (κ3) is 3.79. The molecule has 1 atom stereocenters. The number of likely N-dealkylation sites (tertiary alicyclic amines) is 1. The number of hydrogen-bond acceptors (Lipinski definition) is 5. The van der Waals surface area contributed by atoms with Crippen molar-refractivity contribution >= 4 is 5.91 Å². The Kier molecular flexibility index (Phi) is 4.88. The highest BCUT2D eigenvalue weighted by atomic mass is 19.1. The molecule has 0 spiro atoms. The topological polar surface area (TPSA) is 64.5 Å². The summed E-state index contributed by atoms with van der Waals surface area (Å²) < 4.78 is 23.8. The predicted octanol–water partition coefficient (Wildman–Crippen LogP) is 2.31. The number of benzene rings is 1. The Morgan fingerprint density at radius 1 is 1.29 bits per heavy atom. The number of rotatable bonds is 5. The molecule has 6 nitrogen and oxygen atoms in total. The summed E-state index contributed by atoms with van der Waals surface area (Å²) in [5, 5.41) is 0. The van der Waals surface area contributed by atoms with Gasteiger partial charge in [0, 0.05) is 18.5 Å². The SMILES string of the molecule is CCOc1ccc(C(=O)N2CC[C@@H](Oc3ncc(F)cn3)C2)cc1. The lowest BCUT2D eigenvalue weighted by molar-refractivity contribution is 0.0769. The van der Waals surface area contributed by atoms with Gasteiger partial charge >= 0.3 is 6.01 Å². The standard InChI is InChI=1S/C17H18FN3O3/c1-2-23-14-5-3-12(4-6-14)16(22)21-8-7-15(11-21)24-17-19-9-13(18)10-20-17/h3-6,9-10,15H,2,7-8,11H2,1H3/t15-/m1/s1. The fraction of sp³-hybridized carbons (Fsp3) is 0.353. The minimum absolute atomic E-state index is 0.0517. The molecule has 2 aromatic rings. The second-order valence-electron chi connectivity index (χ2n) is 5.42. The third-order valence-electron chi connectivity index (χ3n) is 3.71. The number of hydrogen-bond donors (Lipinski definition) is 0. The van der Waals surface area contributed by atoms with Crippen LogP contribution in [0.15, 0.2) is 36.7 Å². The summed E-state index contributed by atoms with van der Waals surface area (Å²) in [5.41, 5.74) is 0.608. The van der Waals surface area contributed by atoms with Crippen molar-refractivity contribution in [1.82, 2.24) is 14.9 Å². The maximum Gasteiger partial charge on any atom is 0.316 e. The highest BCUT2D eigenvalue weighted by molar-refractivity contribution is 5.94. The Hall–Kier alpha value is -2.70. The highest BCUT2D eigenvalue weighted by Gasteiger charge is 2.28. The Morgan fingerprint density at radius 3 is 2.67 bits per heavy atom. The maximum atomic E-state index is 12.8. The largest absolute Gasteiger partial charge is 0.494 e. The van der Waals surface area contributed by atoms with Crippen LogP contribution in [0.4, 0.5) is 4.39 Å². The van der Waals surface area contributed by atoms with Gasteiger partial charge in [-0.2, -0.15) is 0 Å². The van der Waals surface area contributed by atoms with E-state index in [0.717, 1.165) is 18.1 Å². The van der Waals surface area contributed by atoms with Gasteiger partial charge in [-0.25, -0.2) is 14.4 Å². The summed E-state index contributed by atoms with van der Waals surface area (Å²) in [6, 6.07) is 7.20. The number of nitrogens with zero attached hydrogens (tertiary/aromatic N) is 3. The van der Waals surface area contributed by atoms with Crippen molar-refractivity contribution in [2.45, 2.75) is 19.4 Å². The Morgan fingerprint density at radius 2 is 2.00 bits per heavy atom. The summed E-state index contributed by atoms with van der Waals surface area (Å²) >= 11 is 0. The van der Waals surface area contributed by atoms with Crippen LogP contribution in [0.1, 0.15) is 23.7 Å². The second kappa shape index (κ2) is 7.25. The second-order valence-corrected chi connectivity index (χ2v) is 5.42. The molecule has 1 amide bonds. The molecule has 0 radical (unpaired) electrons. The molecule has 2 heterocycles. The first-order valence-corrected chi connectivity index (χ1v) is 7.82. The number of carbonyl (C=O) groups excluding carboxylic acids is 1. The fourth-order valence-corrected chi connectivity index (χ4v) is 2.56. The molecule has 1 aromatic heterocycles. The van der Waals surface area contributed by atoms with E-state index in [0.29, 0.717) is 31.7 Å². The molecular weight excluding hydrogens is 313 g/mol. The molecule has 0 unspecified atom stereocenters. The van der Waals surface area contributed by atoms with Crippen molar-refractivity contribution in [2.75, 3.05) is 19.7 Å². The lowest BCUT2D eigenvalue weighted by atomic mass is 10.2. The van der Waals surface area contributed by atoms with Crippen LogP contribution in [0.2, 0.25) is 0 Å². The van der Waals surface area contributed by atoms with Crippen LogP contribution in [0, 0.1) is 5.82 Å². The molecule has 1 aliphatic heterocycles. The molecule has 24 heavy (non-hydrogen) atoms. The lowest BCUT2D eigenvalue weighted by Crippen LogP contribution is -2.31. The summed E-state index contributed by atoms with van der Waals surface area (Å²) in [6.07, 6.45) is 2.60. The summed E-state index contributed by atoms with van der Waals surface area (Å²) in [4.78, 5) is 21.8. The van der Waals surface area contributed by atoms with Crippen molar-refractivity contribution in [1.29, 1.82) is 0 Å². The van der Waals surface area contributed by atoms with Crippen LogP contribution in [0.3, 0.4) is 0 Å². The Bertz CT molecular complexity index is 691. The summed E-state index contributed by atoms with van der Waals surface area (Å²) in [7, 11) is 0. The lowest BCUT2D eigenvalue weighted by Gasteiger charge is -2.17. The predicted molar refractivity (Wildman–Crippen MR) is 84.5 cm³/mol. The summed E-state index contributed by atoms with van der Waals surface area (Å²) in [6.45, 7) is 3.54. The molecule has 1 aliphatic rings. The fourth-order valence-electron chi connectivity index (χ4n) is 2.56. The Balaban J connectivity index is 1.58. The van der Waals surface area contributed by atoms with Crippen LogP contribution in [-0.4, -0.2) is 46.6 Å². The van der Waals surface area contributed by atoms with E-state index >= 15 is 0 Å². The average molecular weight is 331 g/mol. The normalized spacial score (nSPS) is 16.9. The van der Waals surface area contributed by atoms with Crippen LogP contribution in [-0.2, 0) is 0 Å². The molecule has 1 aromatic carbocycles. The van der Waals surface area contributed by atoms with Gasteiger partial charge in [0.15, 0.2) is 5.82 Å². The van der Waals surface area contributed by atoms with Gasteiger partial charge in [0.05, 0.1) is 25.5 Å². The van der Waals surface area contributed by atoms with E-state index in [2.05, 4.69) is 9.97 Å². The zero-order chi connectivity index (χ0) is 16.9. The van der Waals surface area contributed by atoms with Crippen molar-refractivity contribution < 1.29 is 18.7 Å². The minimum atomic E-state index is -0.513. The monoisotopic (exact) mass is 331 g/mol. The van der Waals surface area contributed by atoms with E-state index < -0.39 is 5.82 Å². The molecule has 0 saturated carbocycles. The molecular formula is C17H18FN3O3. The van der Waals surface area contributed by atoms with Gasteiger partial charge in [0.1, 0.15) is 11.9 Å². The van der Waals surface area contributed by atoms with E-state index in [1.54, 1.807) is 29.2 Å². The van der Waals surface area contributed by atoms with Gasteiger partial charge in [-0.15, -0.1) is 0 Å². The van der Waals surface area contributed by atoms with Gasteiger partial charge in [-0.1, -0.05) is 0 Å². The van der Waals surface area contributed by atoms with Gasteiger partial charge in [0.2, 0.25) is 0 Å². The zero-order valence-electron chi connectivity index (χ0n) is 13.3. The summed E-state index contributed by atoms with van der Waals surface area (Å²) in [5.74, 6) is 0.176. The first kappa shape index (κ1) is 16.2. The van der Waals surface area contributed by atoms with Gasteiger partial charge in [-0.3, -0.25) is 4.79 Å². The molecule has 1 fully saturated rings. The molecule has 0 aliphatic carbocycles. The van der Waals surface area contributed by atoms with E-state index in [4.69, 9.17) is 9.47 Å².